The Balaban J connectivity index is 5.55. The van der Waals surface area contributed by atoms with Crippen molar-refractivity contribution in [1.82, 2.24) is 0 Å². The molecule has 0 rings (SSSR count). The Morgan fingerprint density at radius 1 is 1.18 bits per heavy atom. The number of alkyl halides is 7. The predicted octanol–water partition coefficient (Wildman–Crippen LogP) is 2.73. The van der Waals surface area contributed by atoms with E-state index in [2.05, 4.69) is 11.3 Å². The summed E-state index contributed by atoms with van der Waals surface area (Å²) in [4.78, 5) is 0. The lowest BCUT2D eigenvalue weighted by Crippen LogP contribution is -2.67. The molecular formula is C8H9F7O2. The van der Waals surface area contributed by atoms with Crippen LogP contribution in [0.1, 0.15) is 6.92 Å². The number of halogens is 7. The molecule has 0 spiro atoms. The van der Waals surface area contributed by atoms with E-state index in [-0.39, 0.29) is 0 Å². The molecule has 0 aromatic rings. The Bertz CT molecular complexity index is 276. The van der Waals surface area contributed by atoms with E-state index in [1.807, 2.05) is 0 Å². The van der Waals surface area contributed by atoms with E-state index in [1.165, 1.54) is 0 Å². The van der Waals surface area contributed by atoms with Gasteiger partial charge in [0.2, 0.25) is 0 Å². The van der Waals surface area contributed by atoms with Gasteiger partial charge in [-0.15, -0.1) is 0 Å². The van der Waals surface area contributed by atoms with E-state index in [1.54, 1.807) is 0 Å². The standard InChI is InChI=1S/C8H9F7O2/c1-3-17-4(2)7(11,12)6(16,5(9)10)8(13,14)15/h3-5,16H,1H2,2H3. The minimum atomic E-state index is -6.22. The first-order chi connectivity index (χ1) is 7.42. The minimum Gasteiger partial charge on any atom is -0.493 e. The highest BCUT2D eigenvalue weighted by Gasteiger charge is 2.76. The van der Waals surface area contributed by atoms with Crippen LogP contribution < -0.4 is 0 Å². The third-order valence-electron chi connectivity index (χ3n) is 2.07. The summed E-state index contributed by atoms with van der Waals surface area (Å²) < 4.78 is 91.0. The van der Waals surface area contributed by atoms with Gasteiger partial charge in [-0.1, -0.05) is 6.58 Å². The van der Waals surface area contributed by atoms with E-state index in [9.17, 15) is 30.7 Å². The van der Waals surface area contributed by atoms with Gasteiger partial charge in [0.1, 0.15) is 0 Å². The van der Waals surface area contributed by atoms with Gasteiger partial charge >= 0.3 is 12.1 Å². The maximum absolute atomic E-state index is 13.2. The second-order valence-corrected chi connectivity index (χ2v) is 3.13. The molecule has 2 atom stereocenters. The normalized spacial score (nSPS) is 18.7. The summed E-state index contributed by atoms with van der Waals surface area (Å²) in [7, 11) is 0. The molecule has 9 heteroatoms. The molecule has 0 aromatic heterocycles. The molecule has 0 saturated carbocycles. The van der Waals surface area contributed by atoms with E-state index in [0.717, 1.165) is 0 Å². The second-order valence-electron chi connectivity index (χ2n) is 3.13. The van der Waals surface area contributed by atoms with Crippen LogP contribution in [-0.2, 0) is 4.74 Å². The van der Waals surface area contributed by atoms with Crippen LogP contribution in [-0.4, -0.2) is 35.3 Å². The number of hydrogen-bond acceptors (Lipinski definition) is 2. The smallest absolute Gasteiger partial charge is 0.429 e. The van der Waals surface area contributed by atoms with Gasteiger partial charge < -0.3 is 9.84 Å². The van der Waals surface area contributed by atoms with Crippen LogP contribution in [0.3, 0.4) is 0 Å². The largest absolute Gasteiger partial charge is 0.493 e. The van der Waals surface area contributed by atoms with Crippen molar-refractivity contribution in [3.8, 4) is 0 Å². The van der Waals surface area contributed by atoms with Crippen molar-refractivity contribution in [3.05, 3.63) is 12.8 Å². The third-order valence-corrected chi connectivity index (χ3v) is 2.07. The van der Waals surface area contributed by atoms with Gasteiger partial charge in [0, 0.05) is 0 Å². The fourth-order valence-corrected chi connectivity index (χ4v) is 0.998. The van der Waals surface area contributed by atoms with Gasteiger partial charge in [-0.25, -0.2) is 8.78 Å². The fourth-order valence-electron chi connectivity index (χ4n) is 0.998. The third kappa shape index (κ3) is 2.48. The molecule has 2 nitrogen and oxygen atoms in total. The SMILES string of the molecule is C=COC(C)C(F)(F)C(O)(C(F)F)C(F)(F)F. The van der Waals surface area contributed by atoms with E-state index < -0.39 is 30.2 Å². The number of aliphatic hydroxyl groups is 1. The first-order valence-electron chi connectivity index (χ1n) is 4.14. The quantitative estimate of drug-likeness (QED) is 0.615. The molecule has 2 unspecified atom stereocenters. The molecule has 0 heterocycles. The lowest BCUT2D eigenvalue weighted by molar-refractivity contribution is -0.378. The Morgan fingerprint density at radius 2 is 1.59 bits per heavy atom. The van der Waals surface area contributed by atoms with Crippen LogP contribution in [0.15, 0.2) is 12.8 Å². The summed E-state index contributed by atoms with van der Waals surface area (Å²) in [6.45, 7) is 3.20. The van der Waals surface area contributed by atoms with Crippen molar-refractivity contribution < 1.29 is 40.6 Å². The average molecular weight is 270 g/mol. The average Bonchev–Trinajstić information content (AvgIpc) is 2.14. The van der Waals surface area contributed by atoms with Gasteiger partial charge in [-0.3, -0.25) is 0 Å². The number of ether oxygens (including phenoxy) is 1. The van der Waals surface area contributed by atoms with Crippen molar-refractivity contribution in [1.29, 1.82) is 0 Å². The number of hydrogen-bond donors (Lipinski definition) is 1. The topological polar surface area (TPSA) is 29.5 Å². The zero-order valence-electron chi connectivity index (χ0n) is 8.44. The molecular weight excluding hydrogens is 261 g/mol. The zero-order chi connectivity index (χ0) is 14.1. The van der Waals surface area contributed by atoms with Crippen LogP contribution in [0.2, 0.25) is 0 Å². The van der Waals surface area contributed by atoms with Gasteiger partial charge in [-0.2, -0.15) is 22.0 Å². The highest BCUT2D eigenvalue weighted by molar-refractivity contribution is 5.04. The first-order valence-corrected chi connectivity index (χ1v) is 4.14. The lowest BCUT2D eigenvalue weighted by atomic mass is 9.91. The molecule has 102 valence electrons. The molecule has 0 aromatic carbocycles. The lowest BCUT2D eigenvalue weighted by Gasteiger charge is -2.38. The van der Waals surface area contributed by atoms with Crippen LogP contribution in [0.4, 0.5) is 30.7 Å². The first kappa shape index (κ1) is 16.0. The summed E-state index contributed by atoms with van der Waals surface area (Å²) in [6.07, 6.45) is -13.2. The van der Waals surface area contributed by atoms with E-state index >= 15 is 0 Å². The minimum absolute atomic E-state index is 0.362. The van der Waals surface area contributed by atoms with Crippen LogP contribution in [0.25, 0.3) is 0 Å². The molecule has 0 fully saturated rings. The van der Waals surface area contributed by atoms with Gasteiger partial charge in [-0.05, 0) is 6.92 Å². The maximum Gasteiger partial charge on any atom is 0.429 e. The summed E-state index contributed by atoms with van der Waals surface area (Å²) >= 11 is 0. The van der Waals surface area contributed by atoms with Gasteiger partial charge in [0.05, 0.1) is 6.26 Å². The van der Waals surface area contributed by atoms with Crippen molar-refractivity contribution in [2.45, 2.75) is 37.2 Å². The highest BCUT2D eigenvalue weighted by atomic mass is 19.4. The summed E-state index contributed by atoms with van der Waals surface area (Å²) in [5.41, 5.74) is -5.48. The number of rotatable bonds is 5. The molecule has 0 aliphatic heterocycles. The van der Waals surface area contributed by atoms with Crippen molar-refractivity contribution in [2.24, 2.45) is 0 Å². The predicted molar refractivity (Wildman–Crippen MR) is 42.7 cm³/mol. The second kappa shape index (κ2) is 4.71. The zero-order valence-corrected chi connectivity index (χ0v) is 8.44. The monoisotopic (exact) mass is 270 g/mol. The van der Waals surface area contributed by atoms with E-state index in [0.29, 0.717) is 13.2 Å². The van der Waals surface area contributed by atoms with Crippen molar-refractivity contribution in [3.63, 3.8) is 0 Å². The summed E-state index contributed by atoms with van der Waals surface area (Å²) in [5, 5.41) is 8.61. The molecule has 0 aliphatic rings. The van der Waals surface area contributed by atoms with Crippen LogP contribution in [0.5, 0.6) is 0 Å². The molecule has 0 aliphatic carbocycles. The van der Waals surface area contributed by atoms with Gasteiger partial charge in [0.15, 0.2) is 6.10 Å². The summed E-state index contributed by atoms with van der Waals surface area (Å²) in [6, 6.07) is 0. The van der Waals surface area contributed by atoms with Gasteiger partial charge in [0.25, 0.3) is 12.0 Å². The van der Waals surface area contributed by atoms with Crippen LogP contribution in [0, 0.1) is 0 Å². The van der Waals surface area contributed by atoms with Crippen LogP contribution >= 0.6 is 0 Å². The maximum atomic E-state index is 13.2. The molecule has 1 N–H and O–H groups in total. The Labute approximate surface area is 91.7 Å². The fraction of sp³-hybridized carbons (Fsp3) is 0.750. The van der Waals surface area contributed by atoms with E-state index in [4.69, 9.17) is 5.11 Å². The highest BCUT2D eigenvalue weighted by Crippen LogP contribution is 2.48. The Hall–Kier alpha value is -0.990. The molecule has 0 bridgehead atoms. The Morgan fingerprint density at radius 3 is 1.82 bits per heavy atom. The van der Waals surface area contributed by atoms with Crippen molar-refractivity contribution >= 4 is 0 Å². The molecule has 0 radical (unpaired) electrons. The Kier molecular flexibility index (Phi) is 4.44. The summed E-state index contributed by atoms with van der Waals surface area (Å²) in [5.74, 6) is -5.24. The van der Waals surface area contributed by atoms with Crippen molar-refractivity contribution in [2.75, 3.05) is 0 Å². The molecule has 0 amide bonds. The molecule has 17 heavy (non-hydrogen) atoms. The molecule has 0 saturated heterocycles.